The van der Waals surface area contributed by atoms with Crippen LogP contribution in [0, 0.1) is 0 Å². The molecule has 2 aliphatic rings. The van der Waals surface area contributed by atoms with Crippen LogP contribution in [0.4, 0.5) is 0 Å². The molecule has 0 N–H and O–H groups in total. The molecule has 11 aromatic rings. The van der Waals surface area contributed by atoms with Crippen molar-refractivity contribution in [1.82, 2.24) is 15.0 Å². The number of hydrogen-bond acceptors (Lipinski definition) is 3. The van der Waals surface area contributed by atoms with Gasteiger partial charge in [0.05, 0.1) is 5.41 Å². The summed E-state index contributed by atoms with van der Waals surface area (Å²) in [7, 11) is 0. The number of nitrogens with zero attached hydrogens (tertiary/aromatic N) is 3. The first kappa shape index (κ1) is 33.9. The highest BCUT2D eigenvalue weighted by Gasteiger charge is 2.51. The maximum absolute atomic E-state index is 5.41. The zero-order valence-electron chi connectivity index (χ0n) is 33.0. The molecule has 0 unspecified atom stereocenters. The first-order valence-corrected chi connectivity index (χ1v) is 20.9. The molecule has 0 fully saturated rings. The summed E-state index contributed by atoms with van der Waals surface area (Å²) >= 11 is 0. The largest absolute Gasteiger partial charge is 0.208 e. The van der Waals surface area contributed by atoms with Gasteiger partial charge in [-0.2, -0.15) is 0 Å². The van der Waals surface area contributed by atoms with Crippen LogP contribution in [-0.2, 0) is 5.41 Å². The van der Waals surface area contributed by atoms with Gasteiger partial charge in [0.15, 0.2) is 17.5 Å². The van der Waals surface area contributed by atoms with Gasteiger partial charge in [0, 0.05) is 16.7 Å². The number of fused-ring (bicyclic) bond motifs is 13. The fraction of sp³-hybridized carbons (Fsp3) is 0.0172. The van der Waals surface area contributed by atoms with E-state index in [1.165, 1.54) is 71.8 Å². The van der Waals surface area contributed by atoms with Crippen molar-refractivity contribution in [3.8, 4) is 67.5 Å². The van der Waals surface area contributed by atoms with E-state index in [-0.39, 0.29) is 0 Å². The summed E-state index contributed by atoms with van der Waals surface area (Å²) in [5, 5.41) is 7.02. The summed E-state index contributed by atoms with van der Waals surface area (Å²) in [5.41, 5.74) is 15.0. The van der Waals surface area contributed by atoms with E-state index in [9.17, 15) is 0 Å². The second kappa shape index (κ2) is 13.0. The highest BCUT2D eigenvalue weighted by atomic mass is 15.0. The first-order chi connectivity index (χ1) is 30.2. The van der Waals surface area contributed by atoms with Gasteiger partial charge in [0.25, 0.3) is 0 Å². The lowest BCUT2D eigenvalue weighted by Crippen LogP contribution is -2.25. The fourth-order valence-electron chi connectivity index (χ4n) is 10.4. The molecule has 282 valence electrons. The Kier molecular flexibility index (Phi) is 7.22. The normalized spacial score (nSPS) is 13.0. The zero-order chi connectivity index (χ0) is 40.1. The van der Waals surface area contributed by atoms with Gasteiger partial charge < -0.3 is 0 Å². The van der Waals surface area contributed by atoms with Gasteiger partial charge in [-0.15, -0.1) is 0 Å². The van der Waals surface area contributed by atoms with E-state index < -0.39 is 5.41 Å². The maximum atomic E-state index is 5.41. The SMILES string of the molecule is c1ccc2c(c1)-c1ccccc1C21c2ccccc2-c2ccc(-c3nc(-c4ccc5ccccc5c4)nc(-c4cccc5c(-c6ccc7ccccc7c6)cccc45)n3)cc21. The monoisotopic (exact) mass is 773 g/mol. The van der Waals surface area contributed by atoms with Crippen molar-refractivity contribution in [1.29, 1.82) is 0 Å². The lowest BCUT2D eigenvalue weighted by molar-refractivity contribution is 0.794. The predicted octanol–water partition coefficient (Wildman–Crippen LogP) is 14.3. The number of rotatable bonds is 4. The Morgan fingerprint density at radius 2 is 0.656 bits per heavy atom. The van der Waals surface area contributed by atoms with Crippen molar-refractivity contribution in [3.05, 3.63) is 235 Å². The van der Waals surface area contributed by atoms with E-state index in [4.69, 9.17) is 15.0 Å². The first-order valence-electron chi connectivity index (χ1n) is 20.9. The summed E-state index contributed by atoms with van der Waals surface area (Å²) in [5.74, 6) is 1.93. The van der Waals surface area contributed by atoms with Crippen LogP contribution in [0.3, 0.4) is 0 Å². The average molecular weight is 774 g/mol. The van der Waals surface area contributed by atoms with Crippen LogP contribution in [0.1, 0.15) is 22.3 Å². The Bertz CT molecular complexity index is 3560. The van der Waals surface area contributed by atoms with Gasteiger partial charge in [-0.3, -0.25) is 0 Å². The third kappa shape index (κ3) is 4.95. The van der Waals surface area contributed by atoms with Gasteiger partial charge >= 0.3 is 0 Å². The summed E-state index contributed by atoms with van der Waals surface area (Å²) in [6.45, 7) is 0. The smallest absolute Gasteiger partial charge is 0.164 e. The lowest BCUT2D eigenvalue weighted by atomic mass is 9.70. The minimum absolute atomic E-state index is 0.471. The molecule has 1 aromatic heterocycles. The quantitative estimate of drug-likeness (QED) is 0.179. The molecule has 0 bridgehead atoms. The van der Waals surface area contributed by atoms with Gasteiger partial charge in [0.2, 0.25) is 0 Å². The lowest BCUT2D eigenvalue weighted by Gasteiger charge is -2.30. The molecule has 10 aromatic carbocycles. The molecule has 1 heterocycles. The second-order valence-corrected chi connectivity index (χ2v) is 16.3. The van der Waals surface area contributed by atoms with Gasteiger partial charge in [-0.25, -0.2) is 15.0 Å². The van der Waals surface area contributed by atoms with Crippen LogP contribution in [0.5, 0.6) is 0 Å². The van der Waals surface area contributed by atoms with E-state index in [1.807, 2.05) is 0 Å². The molecule has 0 amide bonds. The second-order valence-electron chi connectivity index (χ2n) is 16.3. The standard InChI is InChI=1S/C58H35N3/c1-3-15-38-33-40(29-27-36(38)13-1)43-20-11-22-45-44(43)21-12-23-50(45)57-60-55(41-30-28-37-14-2-4-16-39(37)34-41)59-56(61-57)42-31-32-49-48-19-7-10-26-53(48)58(54(49)35-42)51-24-8-5-17-46(51)47-18-6-9-25-52(47)58/h1-35H. The summed E-state index contributed by atoms with van der Waals surface area (Å²) in [4.78, 5) is 16.1. The van der Waals surface area contributed by atoms with Crippen molar-refractivity contribution in [2.75, 3.05) is 0 Å². The maximum Gasteiger partial charge on any atom is 0.164 e. The molecule has 3 heteroatoms. The highest BCUT2D eigenvalue weighted by Crippen LogP contribution is 2.63. The zero-order valence-corrected chi connectivity index (χ0v) is 33.0. The van der Waals surface area contributed by atoms with Crippen LogP contribution in [-0.4, -0.2) is 15.0 Å². The number of benzene rings is 10. The van der Waals surface area contributed by atoms with Crippen LogP contribution < -0.4 is 0 Å². The van der Waals surface area contributed by atoms with Crippen LogP contribution in [0.25, 0.3) is 99.9 Å². The highest BCUT2D eigenvalue weighted by molar-refractivity contribution is 6.05. The Hall–Kier alpha value is -8.01. The molecule has 13 rings (SSSR count). The Labute approximate surface area is 353 Å². The van der Waals surface area contributed by atoms with Crippen molar-refractivity contribution >= 4 is 32.3 Å². The van der Waals surface area contributed by atoms with Crippen LogP contribution >= 0.6 is 0 Å². The Morgan fingerprint density at radius 3 is 1.26 bits per heavy atom. The summed E-state index contributed by atoms with van der Waals surface area (Å²) < 4.78 is 0. The summed E-state index contributed by atoms with van der Waals surface area (Å²) in [6, 6.07) is 76.9. The fourth-order valence-corrected chi connectivity index (χ4v) is 10.4. The van der Waals surface area contributed by atoms with Crippen molar-refractivity contribution in [2.45, 2.75) is 5.41 Å². The Balaban J connectivity index is 1.04. The van der Waals surface area contributed by atoms with Crippen LogP contribution in [0.2, 0.25) is 0 Å². The van der Waals surface area contributed by atoms with Crippen molar-refractivity contribution in [3.63, 3.8) is 0 Å². The van der Waals surface area contributed by atoms with Crippen molar-refractivity contribution in [2.24, 2.45) is 0 Å². The third-order valence-corrected chi connectivity index (χ3v) is 13.1. The average Bonchev–Trinajstić information content (AvgIpc) is 3.80. The molecule has 3 nitrogen and oxygen atoms in total. The minimum atomic E-state index is -0.471. The molecule has 0 aliphatic heterocycles. The van der Waals surface area contributed by atoms with Crippen molar-refractivity contribution < 1.29 is 0 Å². The molecule has 0 atom stereocenters. The summed E-state index contributed by atoms with van der Waals surface area (Å²) in [6.07, 6.45) is 0. The van der Waals surface area contributed by atoms with E-state index in [0.29, 0.717) is 17.5 Å². The molecule has 61 heavy (non-hydrogen) atoms. The number of aromatic nitrogens is 3. The molecular weight excluding hydrogens is 739 g/mol. The van der Waals surface area contributed by atoms with Gasteiger partial charge in [0.1, 0.15) is 0 Å². The molecule has 0 radical (unpaired) electrons. The Morgan fingerprint density at radius 1 is 0.246 bits per heavy atom. The van der Waals surface area contributed by atoms with Gasteiger partial charge in [-0.1, -0.05) is 194 Å². The minimum Gasteiger partial charge on any atom is -0.208 e. The predicted molar refractivity (Wildman–Crippen MR) is 250 cm³/mol. The third-order valence-electron chi connectivity index (χ3n) is 13.1. The van der Waals surface area contributed by atoms with E-state index in [0.717, 1.165) is 32.8 Å². The van der Waals surface area contributed by atoms with E-state index >= 15 is 0 Å². The topological polar surface area (TPSA) is 38.7 Å². The number of hydrogen-bond donors (Lipinski definition) is 0. The molecule has 0 saturated carbocycles. The molecule has 2 aliphatic carbocycles. The van der Waals surface area contributed by atoms with E-state index in [2.05, 4.69) is 212 Å². The molecular formula is C58H35N3. The van der Waals surface area contributed by atoms with Crippen LogP contribution in [0.15, 0.2) is 212 Å². The van der Waals surface area contributed by atoms with Gasteiger partial charge in [-0.05, 0) is 106 Å². The molecule has 0 saturated heterocycles. The molecule has 1 spiro atoms. The van der Waals surface area contributed by atoms with E-state index in [1.54, 1.807) is 0 Å².